The first-order chi connectivity index (χ1) is 20.4. The monoisotopic (exact) mass is 616 g/mol. The first-order valence-corrected chi connectivity index (χ1v) is 16.1. The molecule has 0 atom stereocenters. The Bertz CT molecular complexity index is 1370. The smallest absolute Gasteiger partial charge is 0.385 e. The Morgan fingerprint density at radius 2 is 1.77 bits per heavy atom. The summed E-state index contributed by atoms with van der Waals surface area (Å²) in [5.74, 6) is 0.683. The largest absolute Gasteiger partial charge is 0.416 e. The minimum absolute atomic E-state index is 0.174. The van der Waals surface area contributed by atoms with Crippen LogP contribution in [0.3, 0.4) is 0 Å². The second-order valence-corrected chi connectivity index (χ2v) is 13.4. The van der Waals surface area contributed by atoms with Crippen LogP contribution in [-0.2, 0) is 15.8 Å². The SMILES string of the molecule is Cc1cc(NCCCCCCSc2ccnc3cc(C(F)(F)F)ccc23)ccc1N1CCC(NOC(=O)C(C)(C)C)CC1. The zero-order valence-electron chi connectivity index (χ0n) is 25.5. The topological polar surface area (TPSA) is 66.5 Å². The van der Waals surface area contributed by atoms with Gasteiger partial charge in [-0.2, -0.15) is 13.2 Å². The molecule has 1 aliphatic heterocycles. The lowest BCUT2D eigenvalue weighted by molar-refractivity contribution is -0.163. The van der Waals surface area contributed by atoms with Crippen LogP contribution in [0, 0.1) is 12.3 Å². The number of nitrogens with one attached hydrogen (secondary N) is 2. The van der Waals surface area contributed by atoms with Gasteiger partial charge < -0.3 is 15.1 Å². The van der Waals surface area contributed by atoms with E-state index in [1.165, 1.54) is 17.3 Å². The summed E-state index contributed by atoms with van der Waals surface area (Å²) in [6.45, 7) is 10.4. The molecular formula is C33H43F3N4O2S. The van der Waals surface area contributed by atoms with Gasteiger partial charge in [-0.15, -0.1) is 17.2 Å². The molecule has 0 spiro atoms. The Balaban J connectivity index is 1.12. The number of anilines is 2. The molecular weight excluding hydrogens is 573 g/mol. The highest BCUT2D eigenvalue weighted by atomic mass is 32.2. The van der Waals surface area contributed by atoms with Crippen LogP contribution < -0.4 is 15.7 Å². The highest BCUT2D eigenvalue weighted by Crippen LogP contribution is 2.34. The number of halogens is 3. The van der Waals surface area contributed by atoms with E-state index in [-0.39, 0.29) is 12.0 Å². The van der Waals surface area contributed by atoms with Crippen molar-refractivity contribution in [3.05, 3.63) is 59.8 Å². The van der Waals surface area contributed by atoms with Crippen molar-refractivity contribution in [1.82, 2.24) is 10.5 Å². The maximum atomic E-state index is 13.0. The number of pyridine rings is 1. The first-order valence-electron chi connectivity index (χ1n) is 15.1. The van der Waals surface area contributed by atoms with Crippen molar-refractivity contribution >= 4 is 40.0 Å². The average Bonchev–Trinajstić information content (AvgIpc) is 2.96. The van der Waals surface area contributed by atoms with Crippen LogP contribution >= 0.6 is 11.8 Å². The quantitative estimate of drug-likeness (QED) is 0.120. The van der Waals surface area contributed by atoms with E-state index in [4.69, 9.17) is 4.84 Å². The van der Waals surface area contributed by atoms with Gasteiger partial charge >= 0.3 is 12.1 Å². The van der Waals surface area contributed by atoms with Crippen molar-refractivity contribution < 1.29 is 22.8 Å². The zero-order valence-corrected chi connectivity index (χ0v) is 26.3. The second kappa shape index (κ2) is 14.7. The normalized spacial score (nSPS) is 14.7. The summed E-state index contributed by atoms with van der Waals surface area (Å²) in [6.07, 6.45) is 3.39. The van der Waals surface area contributed by atoms with E-state index in [9.17, 15) is 18.0 Å². The van der Waals surface area contributed by atoms with Crippen molar-refractivity contribution in [2.45, 2.75) is 83.3 Å². The molecule has 0 bridgehead atoms. The van der Waals surface area contributed by atoms with Crippen molar-refractivity contribution in [2.24, 2.45) is 5.41 Å². The number of rotatable bonds is 12. The standard InChI is InChI=1S/C33H43F3N4O2S/c1-23-21-26(10-12-29(23)40-18-14-25(15-19-40)39-42-31(41)32(2,3)4)37-16-7-5-6-8-20-43-30-13-17-38-28-22-24(33(34,35)36)9-11-27(28)30/h9-13,17,21-22,25,37,39H,5-8,14-16,18-20H2,1-4H3. The number of thioether (sulfide) groups is 1. The van der Waals surface area contributed by atoms with E-state index < -0.39 is 17.2 Å². The van der Waals surface area contributed by atoms with Gasteiger partial charge in [-0.3, -0.25) is 4.98 Å². The molecule has 234 valence electrons. The molecule has 2 N–H and O–H groups in total. The average molecular weight is 617 g/mol. The Kier molecular flexibility index (Phi) is 11.2. The van der Waals surface area contributed by atoms with Gasteiger partial charge in [-0.25, -0.2) is 4.79 Å². The number of fused-ring (bicyclic) bond motifs is 1. The van der Waals surface area contributed by atoms with Crippen LogP contribution in [0.25, 0.3) is 10.9 Å². The second-order valence-electron chi connectivity index (χ2n) is 12.2. The number of hydrogen-bond acceptors (Lipinski definition) is 7. The number of unbranched alkanes of at least 4 members (excludes halogenated alkanes) is 3. The van der Waals surface area contributed by atoms with Gasteiger partial charge in [0.15, 0.2) is 0 Å². The zero-order chi connectivity index (χ0) is 31.0. The van der Waals surface area contributed by atoms with Gasteiger partial charge in [0.1, 0.15) is 0 Å². The predicted octanol–water partition coefficient (Wildman–Crippen LogP) is 8.39. The number of aryl methyl sites for hydroxylation is 1. The van der Waals surface area contributed by atoms with Crippen molar-refractivity contribution in [2.75, 3.05) is 35.6 Å². The molecule has 6 nitrogen and oxygen atoms in total. The maximum absolute atomic E-state index is 13.0. The third-order valence-corrected chi connectivity index (χ3v) is 8.81. The van der Waals surface area contributed by atoms with Gasteiger partial charge in [-0.05, 0) is 101 Å². The Morgan fingerprint density at radius 1 is 1.02 bits per heavy atom. The molecule has 0 amide bonds. The summed E-state index contributed by atoms with van der Waals surface area (Å²) in [4.78, 5) is 24.8. The highest BCUT2D eigenvalue weighted by Gasteiger charge is 2.31. The summed E-state index contributed by atoms with van der Waals surface area (Å²) in [7, 11) is 0. The van der Waals surface area contributed by atoms with Gasteiger partial charge in [0, 0.05) is 53.5 Å². The summed E-state index contributed by atoms with van der Waals surface area (Å²) in [5.41, 5.74) is 5.78. The lowest BCUT2D eigenvalue weighted by atomic mass is 9.98. The lowest BCUT2D eigenvalue weighted by Crippen LogP contribution is -2.44. The van der Waals surface area contributed by atoms with Crippen molar-refractivity contribution in [3.8, 4) is 0 Å². The number of carbonyl (C=O) groups is 1. The molecule has 3 aromatic rings. The van der Waals surface area contributed by atoms with Gasteiger partial charge in [0.05, 0.1) is 16.5 Å². The molecule has 4 rings (SSSR count). The molecule has 2 heterocycles. The van der Waals surface area contributed by atoms with Crippen molar-refractivity contribution in [1.29, 1.82) is 0 Å². The number of aromatic nitrogens is 1. The number of benzene rings is 2. The van der Waals surface area contributed by atoms with E-state index in [1.54, 1.807) is 18.0 Å². The number of nitrogens with zero attached hydrogens (tertiary/aromatic N) is 2. The van der Waals surface area contributed by atoms with E-state index in [1.807, 2.05) is 26.8 Å². The fraction of sp³-hybridized carbons (Fsp3) is 0.515. The summed E-state index contributed by atoms with van der Waals surface area (Å²) >= 11 is 1.68. The number of piperidine rings is 1. The van der Waals surface area contributed by atoms with Crippen molar-refractivity contribution in [3.63, 3.8) is 0 Å². The molecule has 0 saturated carbocycles. The van der Waals surface area contributed by atoms with Crippen LogP contribution in [-0.4, -0.2) is 42.4 Å². The molecule has 0 radical (unpaired) electrons. The number of hydroxylamine groups is 1. The molecule has 1 aromatic heterocycles. The van der Waals surface area contributed by atoms with Gasteiger partial charge in [0.25, 0.3) is 0 Å². The third-order valence-electron chi connectivity index (χ3n) is 7.65. The van der Waals surface area contributed by atoms with E-state index >= 15 is 0 Å². The summed E-state index contributed by atoms with van der Waals surface area (Å²) in [6, 6.07) is 12.4. The minimum Gasteiger partial charge on any atom is -0.385 e. The van der Waals surface area contributed by atoms with E-state index in [0.29, 0.717) is 5.52 Å². The number of carbonyl (C=O) groups excluding carboxylic acids is 1. The highest BCUT2D eigenvalue weighted by molar-refractivity contribution is 7.99. The fourth-order valence-electron chi connectivity index (χ4n) is 5.07. The molecule has 1 aliphatic rings. The number of hydrogen-bond donors (Lipinski definition) is 2. The Labute approximate surface area is 257 Å². The fourth-order valence-corrected chi connectivity index (χ4v) is 6.12. The molecule has 0 aliphatic carbocycles. The molecule has 10 heteroatoms. The first kappa shape index (κ1) is 32.9. The Hall–Kier alpha value is -2.98. The van der Waals surface area contributed by atoms with E-state index in [2.05, 4.69) is 45.8 Å². The summed E-state index contributed by atoms with van der Waals surface area (Å²) in [5, 5.41) is 4.31. The van der Waals surface area contributed by atoms with Gasteiger partial charge in [0.2, 0.25) is 0 Å². The van der Waals surface area contributed by atoms with Gasteiger partial charge in [-0.1, -0.05) is 18.9 Å². The summed E-state index contributed by atoms with van der Waals surface area (Å²) < 4.78 is 39.0. The molecule has 0 unspecified atom stereocenters. The van der Waals surface area contributed by atoms with Crippen LogP contribution in [0.15, 0.2) is 53.6 Å². The van der Waals surface area contributed by atoms with E-state index in [0.717, 1.165) is 92.0 Å². The van der Waals surface area contributed by atoms with Crippen LogP contribution in [0.5, 0.6) is 0 Å². The lowest BCUT2D eigenvalue weighted by Gasteiger charge is -2.34. The third kappa shape index (κ3) is 9.50. The molecule has 2 aromatic carbocycles. The van der Waals surface area contributed by atoms with Crippen LogP contribution in [0.4, 0.5) is 24.5 Å². The number of alkyl halides is 3. The molecule has 43 heavy (non-hydrogen) atoms. The Morgan fingerprint density at radius 3 is 2.47 bits per heavy atom. The molecule has 1 saturated heterocycles. The molecule has 1 fully saturated rings. The van der Waals surface area contributed by atoms with Crippen LogP contribution in [0.1, 0.15) is 70.4 Å². The van der Waals surface area contributed by atoms with Crippen LogP contribution in [0.2, 0.25) is 0 Å². The minimum atomic E-state index is -4.36. The maximum Gasteiger partial charge on any atom is 0.416 e. The predicted molar refractivity (Wildman–Crippen MR) is 170 cm³/mol.